The maximum atomic E-state index is 13.3. The zero-order valence-electron chi connectivity index (χ0n) is 10.7. The molecule has 0 aliphatic carbocycles. The molecule has 0 saturated carbocycles. The number of nitrogens with zero attached hydrogens (tertiary/aromatic N) is 1. The fraction of sp³-hybridized carbons (Fsp3) is 0.500. The van der Waals surface area contributed by atoms with Gasteiger partial charge in [0, 0.05) is 13.1 Å². The highest BCUT2D eigenvalue weighted by Crippen LogP contribution is 2.18. The van der Waals surface area contributed by atoms with Gasteiger partial charge in [0.05, 0.1) is 5.92 Å². The Labute approximate surface area is 111 Å². The predicted octanol–water partition coefficient (Wildman–Crippen LogP) is 2.00. The Morgan fingerprint density at radius 3 is 3.00 bits per heavy atom. The lowest BCUT2D eigenvalue weighted by molar-refractivity contribution is -0.143. The fourth-order valence-electron chi connectivity index (χ4n) is 2.31. The molecule has 0 amide bonds. The van der Waals surface area contributed by atoms with Crippen molar-refractivity contribution in [3.8, 4) is 5.75 Å². The van der Waals surface area contributed by atoms with Crippen LogP contribution in [0.1, 0.15) is 12.8 Å². The zero-order chi connectivity index (χ0) is 13.7. The minimum absolute atomic E-state index is 0.245. The van der Waals surface area contributed by atoms with Gasteiger partial charge in [-0.15, -0.1) is 0 Å². The summed E-state index contributed by atoms with van der Waals surface area (Å²) in [5.41, 5.74) is 0. The van der Waals surface area contributed by atoms with Gasteiger partial charge in [0.15, 0.2) is 11.6 Å². The van der Waals surface area contributed by atoms with E-state index in [0.717, 1.165) is 19.4 Å². The van der Waals surface area contributed by atoms with Gasteiger partial charge in [-0.25, -0.2) is 4.39 Å². The second kappa shape index (κ2) is 6.52. The number of aliphatic carboxylic acids is 1. The number of carboxylic acids is 1. The zero-order valence-corrected chi connectivity index (χ0v) is 10.7. The first-order valence-corrected chi connectivity index (χ1v) is 6.49. The van der Waals surface area contributed by atoms with Crippen LogP contribution in [0.4, 0.5) is 4.39 Å². The molecule has 0 bridgehead atoms. The molecule has 1 atom stereocenters. The highest BCUT2D eigenvalue weighted by molar-refractivity contribution is 5.70. The molecule has 1 saturated heterocycles. The maximum absolute atomic E-state index is 13.3. The SMILES string of the molecule is O=C(O)[C@H]1CCCN(CCOc2ccccc2F)C1. The van der Waals surface area contributed by atoms with E-state index in [1.54, 1.807) is 18.2 Å². The third kappa shape index (κ3) is 3.92. The van der Waals surface area contributed by atoms with Crippen LogP contribution in [0.5, 0.6) is 5.75 Å². The van der Waals surface area contributed by atoms with Gasteiger partial charge < -0.3 is 9.84 Å². The van der Waals surface area contributed by atoms with Crippen LogP contribution in [0.25, 0.3) is 0 Å². The molecule has 1 fully saturated rings. The molecule has 1 N–H and O–H groups in total. The highest BCUT2D eigenvalue weighted by Gasteiger charge is 2.24. The molecule has 104 valence electrons. The van der Waals surface area contributed by atoms with E-state index in [0.29, 0.717) is 19.7 Å². The standard InChI is InChI=1S/C14H18FNO3/c15-12-5-1-2-6-13(12)19-9-8-16-7-3-4-11(10-16)14(17)18/h1-2,5-6,11H,3-4,7-10H2,(H,17,18)/t11-/m0/s1. The Kier molecular flexibility index (Phi) is 4.74. The number of halogens is 1. The van der Waals surface area contributed by atoms with Crippen LogP contribution in [-0.4, -0.2) is 42.2 Å². The molecular formula is C14H18FNO3. The van der Waals surface area contributed by atoms with Crippen molar-refractivity contribution in [2.75, 3.05) is 26.2 Å². The van der Waals surface area contributed by atoms with Gasteiger partial charge in [-0.2, -0.15) is 0 Å². The molecule has 0 unspecified atom stereocenters. The Hall–Kier alpha value is -1.62. The first-order valence-electron chi connectivity index (χ1n) is 6.49. The molecule has 5 heteroatoms. The predicted molar refractivity (Wildman–Crippen MR) is 68.7 cm³/mol. The molecule has 2 rings (SSSR count). The van der Waals surface area contributed by atoms with Crippen molar-refractivity contribution in [1.82, 2.24) is 4.90 Å². The molecule has 0 aromatic heterocycles. The largest absolute Gasteiger partial charge is 0.489 e. The number of likely N-dealkylation sites (tertiary alicyclic amines) is 1. The minimum atomic E-state index is -0.736. The Bertz CT molecular complexity index is 438. The Morgan fingerprint density at radius 2 is 2.26 bits per heavy atom. The van der Waals surface area contributed by atoms with Crippen molar-refractivity contribution in [2.45, 2.75) is 12.8 Å². The van der Waals surface area contributed by atoms with Crippen molar-refractivity contribution < 1.29 is 19.0 Å². The summed E-state index contributed by atoms with van der Waals surface area (Å²) in [5.74, 6) is -1.15. The third-order valence-corrected chi connectivity index (χ3v) is 3.36. The molecular weight excluding hydrogens is 249 g/mol. The number of carbonyl (C=O) groups is 1. The number of piperidine rings is 1. The van der Waals surface area contributed by atoms with E-state index >= 15 is 0 Å². The van der Waals surface area contributed by atoms with Crippen molar-refractivity contribution >= 4 is 5.97 Å². The van der Waals surface area contributed by atoms with Crippen molar-refractivity contribution in [1.29, 1.82) is 0 Å². The lowest BCUT2D eigenvalue weighted by Crippen LogP contribution is -2.40. The van der Waals surface area contributed by atoms with Crippen LogP contribution >= 0.6 is 0 Å². The lowest BCUT2D eigenvalue weighted by Gasteiger charge is -2.30. The lowest BCUT2D eigenvalue weighted by atomic mass is 9.98. The molecule has 1 aromatic carbocycles. The van der Waals surface area contributed by atoms with E-state index < -0.39 is 5.97 Å². The first kappa shape index (κ1) is 13.8. The van der Waals surface area contributed by atoms with Crippen LogP contribution in [-0.2, 0) is 4.79 Å². The molecule has 1 aliphatic heterocycles. The number of hydrogen-bond acceptors (Lipinski definition) is 3. The van der Waals surface area contributed by atoms with Gasteiger partial charge in [-0.1, -0.05) is 12.1 Å². The number of carboxylic acid groups (broad SMARTS) is 1. The third-order valence-electron chi connectivity index (χ3n) is 3.36. The monoisotopic (exact) mass is 267 g/mol. The summed E-state index contributed by atoms with van der Waals surface area (Å²) in [6.45, 7) is 2.42. The van der Waals surface area contributed by atoms with E-state index in [1.807, 2.05) is 0 Å². The maximum Gasteiger partial charge on any atom is 0.307 e. The highest BCUT2D eigenvalue weighted by atomic mass is 19.1. The average Bonchev–Trinajstić information content (AvgIpc) is 2.41. The molecule has 1 aliphatic rings. The summed E-state index contributed by atoms with van der Waals surface area (Å²) in [6.07, 6.45) is 1.62. The summed E-state index contributed by atoms with van der Waals surface area (Å²) in [4.78, 5) is 13.0. The van der Waals surface area contributed by atoms with E-state index in [2.05, 4.69) is 4.90 Å². The van der Waals surface area contributed by atoms with Crippen LogP contribution in [0.3, 0.4) is 0 Å². The number of para-hydroxylation sites is 1. The second-order valence-corrected chi connectivity index (χ2v) is 4.76. The summed E-state index contributed by atoms with van der Waals surface area (Å²) < 4.78 is 18.7. The molecule has 1 aromatic rings. The van der Waals surface area contributed by atoms with E-state index in [9.17, 15) is 9.18 Å². The number of benzene rings is 1. The van der Waals surface area contributed by atoms with E-state index in [1.165, 1.54) is 6.07 Å². The van der Waals surface area contributed by atoms with Gasteiger partial charge in [-0.3, -0.25) is 9.69 Å². The summed E-state index contributed by atoms with van der Waals surface area (Å²) in [5, 5.41) is 8.99. The molecule has 0 spiro atoms. The van der Waals surface area contributed by atoms with Crippen LogP contribution in [0, 0.1) is 11.7 Å². The molecule has 4 nitrogen and oxygen atoms in total. The average molecular weight is 267 g/mol. The van der Waals surface area contributed by atoms with Gasteiger partial charge in [0.1, 0.15) is 6.61 Å². The molecule has 0 radical (unpaired) electrons. The quantitative estimate of drug-likeness (QED) is 0.886. The summed E-state index contributed by atoms with van der Waals surface area (Å²) in [6, 6.07) is 6.28. The van der Waals surface area contributed by atoms with Gasteiger partial charge >= 0.3 is 5.97 Å². The summed E-state index contributed by atoms with van der Waals surface area (Å²) >= 11 is 0. The van der Waals surface area contributed by atoms with E-state index in [-0.39, 0.29) is 17.5 Å². The van der Waals surface area contributed by atoms with Gasteiger partial charge in [-0.05, 0) is 31.5 Å². The summed E-state index contributed by atoms with van der Waals surface area (Å²) in [7, 11) is 0. The van der Waals surface area contributed by atoms with Crippen molar-refractivity contribution in [3.05, 3.63) is 30.1 Å². The van der Waals surface area contributed by atoms with Crippen LogP contribution in [0.15, 0.2) is 24.3 Å². The normalized spacial score (nSPS) is 20.2. The van der Waals surface area contributed by atoms with Gasteiger partial charge in [0.25, 0.3) is 0 Å². The first-order chi connectivity index (χ1) is 9.16. The smallest absolute Gasteiger partial charge is 0.307 e. The number of ether oxygens (including phenoxy) is 1. The Morgan fingerprint density at radius 1 is 1.47 bits per heavy atom. The van der Waals surface area contributed by atoms with Crippen LogP contribution in [0.2, 0.25) is 0 Å². The topological polar surface area (TPSA) is 49.8 Å². The fourth-order valence-corrected chi connectivity index (χ4v) is 2.31. The van der Waals surface area contributed by atoms with Crippen molar-refractivity contribution in [2.24, 2.45) is 5.92 Å². The minimum Gasteiger partial charge on any atom is -0.489 e. The van der Waals surface area contributed by atoms with Gasteiger partial charge in [0.2, 0.25) is 0 Å². The van der Waals surface area contributed by atoms with Crippen molar-refractivity contribution in [3.63, 3.8) is 0 Å². The number of rotatable bonds is 5. The number of hydrogen-bond donors (Lipinski definition) is 1. The molecule has 1 heterocycles. The Balaban J connectivity index is 1.77. The van der Waals surface area contributed by atoms with Crippen LogP contribution < -0.4 is 4.74 Å². The van der Waals surface area contributed by atoms with E-state index in [4.69, 9.17) is 9.84 Å². The molecule has 19 heavy (non-hydrogen) atoms. The second-order valence-electron chi connectivity index (χ2n) is 4.76.